The van der Waals surface area contributed by atoms with Crippen molar-refractivity contribution in [2.45, 2.75) is 12.8 Å². The lowest BCUT2D eigenvalue weighted by atomic mass is 10.1. The Labute approximate surface area is 99.1 Å². The van der Waals surface area contributed by atoms with Crippen molar-refractivity contribution in [2.24, 2.45) is 4.99 Å². The second-order valence-corrected chi connectivity index (χ2v) is 3.29. The van der Waals surface area contributed by atoms with E-state index in [4.69, 9.17) is 9.47 Å². The Morgan fingerprint density at radius 1 is 1.29 bits per heavy atom. The maximum absolute atomic E-state index is 11.0. The first kappa shape index (κ1) is 12.9. The maximum atomic E-state index is 11.0. The van der Waals surface area contributed by atoms with Gasteiger partial charge in [0.1, 0.15) is 0 Å². The number of aryl methyl sites for hydroxylation is 1. The van der Waals surface area contributed by atoms with Gasteiger partial charge in [-0.3, -0.25) is 4.79 Å². The molecule has 5 nitrogen and oxygen atoms in total. The molecule has 0 saturated heterocycles. The van der Waals surface area contributed by atoms with Gasteiger partial charge in [-0.2, -0.15) is 0 Å². The van der Waals surface area contributed by atoms with Crippen molar-refractivity contribution in [3.8, 4) is 11.5 Å². The van der Waals surface area contributed by atoms with Crippen LogP contribution in [0.25, 0.3) is 0 Å². The zero-order valence-electron chi connectivity index (χ0n) is 9.73. The van der Waals surface area contributed by atoms with Gasteiger partial charge in [-0.25, -0.2) is 4.79 Å². The molecule has 5 heteroatoms. The van der Waals surface area contributed by atoms with E-state index < -0.39 is 5.91 Å². The normalized spacial score (nSPS) is 9.29. The van der Waals surface area contributed by atoms with Gasteiger partial charge in [-0.15, -0.1) is 4.99 Å². The molecule has 0 fully saturated rings. The highest BCUT2D eigenvalue weighted by atomic mass is 16.5. The summed E-state index contributed by atoms with van der Waals surface area (Å²) in [7, 11) is 3.10. The number of methoxy groups -OCH3 is 2. The standard InChI is InChI=1S/C12H13NO4/c1-16-10-5-3-9(7-11(10)17-2)4-6-12(15)13-8-14/h3,5,7H,4,6H2,1-2H3. The summed E-state index contributed by atoms with van der Waals surface area (Å²) in [4.78, 5) is 23.9. The van der Waals surface area contributed by atoms with Gasteiger partial charge in [-0.05, 0) is 24.1 Å². The zero-order chi connectivity index (χ0) is 12.7. The predicted octanol–water partition coefficient (Wildman–Crippen LogP) is 1.50. The molecule has 0 atom stereocenters. The number of ether oxygens (including phenoxy) is 2. The van der Waals surface area contributed by atoms with Gasteiger partial charge in [-0.1, -0.05) is 6.07 Å². The third kappa shape index (κ3) is 3.74. The topological polar surface area (TPSA) is 65.0 Å². The summed E-state index contributed by atoms with van der Waals surface area (Å²) in [6.07, 6.45) is 1.89. The predicted molar refractivity (Wildman–Crippen MR) is 61.0 cm³/mol. The Balaban J connectivity index is 2.72. The fraction of sp³-hybridized carbons (Fsp3) is 0.333. The van der Waals surface area contributed by atoms with Crippen LogP contribution < -0.4 is 9.47 Å². The summed E-state index contributed by atoms with van der Waals surface area (Å²) >= 11 is 0. The van der Waals surface area contributed by atoms with Gasteiger partial charge >= 0.3 is 0 Å². The van der Waals surface area contributed by atoms with Gasteiger partial charge in [0.2, 0.25) is 6.08 Å². The Hall–Kier alpha value is -2.13. The van der Waals surface area contributed by atoms with Crippen molar-refractivity contribution < 1.29 is 19.1 Å². The maximum Gasteiger partial charge on any atom is 0.256 e. The highest BCUT2D eigenvalue weighted by Gasteiger charge is 2.06. The van der Waals surface area contributed by atoms with Gasteiger partial charge in [0, 0.05) is 6.42 Å². The Morgan fingerprint density at radius 2 is 2.00 bits per heavy atom. The molecule has 1 rings (SSSR count). The van der Waals surface area contributed by atoms with Crippen molar-refractivity contribution in [1.29, 1.82) is 0 Å². The van der Waals surface area contributed by atoms with E-state index in [0.29, 0.717) is 17.9 Å². The molecular weight excluding hydrogens is 222 g/mol. The molecule has 0 aliphatic rings. The highest BCUT2D eigenvalue weighted by molar-refractivity contribution is 5.81. The van der Waals surface area contributed by atoms with Crippen LogP contribution in [0.5, 0.6) is 11.5 Å². The largest absolute Gasteiger partial charge is 0.493 e. The monoisotopic (exact) mass is 235 g/mol. The van der Waals surface area contributed by atoms with E-state index in [1.807, 2.05) is 6.07 Å². The van der Waals surface area contributed by atoms with Crippen LogP contribution in [-0.2, 0) is 16.0 Å². The molecule has 0 aliphatic heterocycles. The number of nitrogens with zero attached hydrogens (tertiary/aromatic N) is 1. The molecule has 0 unspecified atom stereocenters. The summed E-state index contributed by atoms with van der Waals surface area (Å²) in [5.41, 5.74) is 0.914. The minimum Gasteiger partial charge on any atom is -0.493 e. The van der Waals surface area contributed by atoms with Crippen LogP contribution in [-0.4, -0.2) is 26.2 Å². The first-order valence-electron chi connectivity index (χ1n) is 5.03. The summed E-state index contributed by atoms with van der Waals surface area (Å²) in [6.45, 7) is 0. The number of carbonyl (C=O) groups excluding carboxylic acids is 2. The molecular formula is C12H13NO4. The van der Waals surface area contributed by atoms with Crippen molar-refractivity contribution in [2.75, 3.05) is 14.2 Å². The molecule has 1 aromatic carbocycles. The van der Waals surface area contributed by atoms with Crippen LogP contribution in [0, 0.1) is 0 Å². The van der Waals surface area contributed by atoms with Gasteiger partial charge in [0.05, 0.1) is 14.2 Å². The Bertz CT molecular complexity index is 450. The first-order chi connectivity index (χ1) is 8.21. The number of hydrogen-bond acceptors (Lipinski definition) is 4. The molecule has 0 N–H and O–H groups in total. The van der Waals surface area contributed by atoms with Crippen LogP contribution in [0.4, 0.5) is 0 Å². The van der Waals surface area contributed by atoms with E-state index in [1.54, 1.807) is 26.4 Å². The first-order valence-corrected chi connectivity index (χ1v) is 5.03. The highest BCUT2D eigenvalue weighted by Crippen LogP contribution is 2.27. The second-order valence-electron chi connectivity index (χ2n) is 3.29. The van der Waals surface area contributed by atoms with Crippen molar-refractivity contribution >= 4 is 12.0 Å². The average molecular weight is 235 g/mol. The van der Waals surface area contributed by atoms with Gasteiger partial charge in [0.25, 0.3) is 5.91 Å². The quantitative estimate of drug-likeness (QED) is 0.573. The SMILES string of the molecule is COc1ccc(CCC(=O)N=C=O)cc1OC. The molecule has 0 aliphatic carbocycles. The molecule has 0 spiro atoms. The zero-order valence-corrected chi connectivity index (χ0v) is 9.73. The third-order valence-corrected chi connectivity index (χ3v) is 2.25. The number of benzene rings is 1. The summed E-state index contributed by atoms with van der Waals surface area (Å²) in [5.74, 6) is 0.764. The van der Waals surface area contributed by atoms with E-state index in [9.17, 15) is 9.59 Å². The molecule has 0 saturated carbocycles. The Kier molecular flexibility index (Phi) is 4.91. The molecule has 0 aromatic heterocycles. The van der Waals surface area contributed by atoms with Crippen LogP contribution in [0.2, 0.25) is 0 Å². The second kappa shape index (κ2) is 6.45. The number of aliphatic imine (C=N–C) groups is 1. The van der Waals surface area contributed by atoms with Crippen LogP contribution in [0.15, 0.2) is 23.2 Å². The van der Waals surface area contributed by atoms with Crippen LogP contribution in [0.3, 0.4) is 0 Å². The number of rotatable bonds is 5. The van der Waals surface area contributed by atoms with E-state index in [-0.39, 0.29) is 6.42 Å². The summed E-state index contributed by atoms with van der Waals surface area (Å²) in [5, 5.41) is 0. The minimum atomic E-state index is -0.477. The molecule has 0 bridgehead atoms. The lowest BCUT2D eigenvalue weighted by Gasteiger charge is -2.08. The van der Waals surface area contributed by atoms with Gasteiger partial charge in [0.15, 0.2) is 11.5 Å². The van der Waals surface area contributed by atoms with Crippen molar-refractivity contribution in [3.63, 3.8) is 0 Å². The van der Waals surface area contributed by atoms with Crippen LogP contribution in [0.1, 0.15) is 12.0 Å². The van der Waals surface area contributed by atoms with Gasteiger partial charge < -0.3 is 9.47 Å². The molecule has 0 radical (unpaired) electrons. The lowest BCUT2D eigenvalue weighted by molar-refractivity contribution is -0.117. The molecule has 90 valence electrons. The third-order valence-electron chi connectivity index (χ3n) is 2.25. The Morgan fingerprint density at radius 3 is 2.59 bits per heavy atom. The molecule has 17 heavy (non-hydrogen) atoms. The number of isocyanates is 1. The van der Waals surface area contributed by atoms with E-state index in [0.717, 1.165) is 5.56 Å². The van der Waals surface area contributed by atoms with E-state index in [1.165, 1.54) is 6.08 Å². The van der Waals surface area contributed by atoms with Crippen LogP contribution >= 0.6 is 0 Å². The minimum absolute atomic E-state index is 0.171. The number of carbonyl (C=O) groups is 1. The van der Waals surface area contributed by atoms with Crippen molar-refractivity contribution in [3.05, 3.63) is 23.8 Å². The molecule has 1 aromatic rings. The smallest absolute Gasteiger partial charge is 0.256 e. The summed E-state index contributed by atoms with van der Waals surface area (Å²) in [6, 6.07) is 5.39. The number of amides is 1. The fourth-order valence-corrected chi connectivity index (χ4v) is 1.39. The van der Waals surface area contributed by atoms with E-state index in [2.05, 4.69) is 4.99 Å². The molecule has 1 amide bonds. The van der Waals surface area contributed by atoms with E-state index >= 15 is 0 Å². The fourth-order valence-electron chi connectivity index (χ4n) is 1.39. The molecule has 0 heterocycles. The average Bonchev–Trinajstić information content (AvgIpc) is 2.36. The lowest BCUT2D eigenvalue weighted by Crippen LogP contribution is -1.97. The van der Waals surface area contributed by atoms with Crippen molar-refractivity contribution in [1.82, 2.24) is 0 Å². The summed E-state index contributed by atoms with van der Waals surface area (Å²) < 4.78 is 10.2. The number of hydrogen-bond donors (Lipinski definition) is 0.